The van der Waals surface area contributed by atoms with Crippen molar-refractivity contribution in [2.24, 2.45) is 0 Å². The normalized spacial score (nSPS) is 10.0. The van der Waals surface area contributed by atoms with E-state index in [0.29, 0.717) is 6.54 Å². The zero-order valence-corrected chi connectivity index (χ0v) is 9.80. The van der Waals surface area contributed by atoms with Crippen molar-refractivity contribution in [1.82, 2.24) is 4.57 Å². The fourth-order valence-corrected chi connectivity index (χ4v) is 1.65. The van der Waals surface area contributed by atoms with Crippen LogP contribution in [0.15, 0.2) is 27.9 Å². The van der Waals surface area contributed by atoms with Gasteiger partial charge in [0.05, 0.1) is 16.7 Å². The van der Waals surface area contributed by atoms with Crippen LogP contribution in [0.2, 0.25) is 0 Å². The molecule has 0 aliphatic carbocycles. The Kier molecular flexibility index (Phi) is 3.33. The summed E-state index contributed by atoms with van der Waals surface area (Å²) in [5.74, 6) is -0.931. The maximum atomic E-state index is 10.6. The van der Waals surface area contributed by atoms with Gasteiger partial charge in [-0.3, -0.25) is 0 Å². The zero-order valence-electron chi connectivity index (χ0n) is 6.63. The molecular weight excluding hydrogens is 302 g/mol. The zero-order chi connectivity index (χ0) is 10.0. The molecule has 3 nitrogen and oxygen atoms in total. The van der Waals surface area contributed by atoms with E-state index in [1.54, 1.807) is 16.8 Å². The Balaban J connectivity index is 2.96. The molecule has 0 fully saturated rings. The summed E-state index contributed by atoms with van der Waals surface area (Å²) in [5, 5.41) is 8.69. The number of rotatable bonds is 3. The lowest BCUT2D eigenvalue weighted by atomic mass is 10.4. The molecule has 0 radical (unpaired) electrons. The number of hydrogen-bond acceptors (Lipinski definition) is 1. The Morgan fingerprint density at radius 2 is 2.31 bits per heavy atom. The Morgan fingerprint density at radius 3 is 2.69 bits per heavy atom. The van der Waals surface area contributed by atoms with Crippen molar-refractivity contribution in [2.45, 2.75) is 6.54 Å². The molecule has 13 heavy (non-hydrogen) atoms. The molecule has 1 heterocycles. The molecule has 1 rings (SSSR count). The molecule has 0 saturated heterocycles. The first-order valence-corrected chi connectivity index (χ1v) is 5.01. The Hall–Kier alpha value is -0.550. The fourth-order valence-electron chi connectivity index (χ4n) is 0.901. The highest BCUT2D eigenvalue weighted by molar-refractivity contribution is 9.11. The van der Waals surface area contributed by atoms with Gasteiger partial charge in [-0.15, -0.1) is 0 Å². The van der Waals surface area contributed by atoms with E-state index in [1.165, 1.54) is 0 Å². The molecular formula is C8H7Br2NO2. The SMILES string of the molecule is C=C(Br)Cn1cc(C(=O)O)cc1Br. The first-order chi connectivity index (χ1) is 6.00. The predicted octanol–water partition coefficient (Wildman–Crippen LogP) is 2.86. The quantitative estimate of drug-likeness (QED) is 0.933. The van der Waals surface area contributed by atoms with Gasteiger partial charge in [-0.1, -0.05) is 22.5 Å². The van der Waals surface area contributed by atoms with Gasteiger partial charge in [0.15, 0.2) is 0 Å². The van der Waals surface area contributed by atoms with Gasteiger partial charge >= 0.3 is 5.97 Å². The highest BCUT2D eigenvalue weighted by atomic mass is 79.9. The topological polar surface area (TPSA) is 42.2 Å². The van der Waals surface area contributed by atoms with E-state index in [2.05, 4.69) is 38.4 Å². The van der Waals surface area contributed by atoms with E-state index >= 15 is 0 Å². The summed E-state index contributed by atoms with van der Waals surface area (Å²) in [6.07, 6.45) is 1.55. The second kappa shape index (κ2) is 4.11. The van der Waals surface area contributed by atoms with Crippen LogP contribution in [0.5, 0.6) is 0 Å². The van der Waals surface area contributed by atoms with Crippen LogP contribution in [0.3, 0.4) is 0 Å². The standard InChI is InChI=1S/C8H7Br2NO2/c1-5(9)3-11-4-6(8(12)13)2-7(11)10/h2,4H,1,3H2,(H,12,13). The lowest BCUT2D eigenvalue weighted by Crippen LogP contribution is -1.96. The largest absolute Gasteiger partial charge is 0.478 e. The number of halogens is 2. The van der Waals surface area contributed by atoms with Crippen molar-refractivity contribution in [2.75, 3.05) is 0 Å². The van der Waals surface area contributed by atoms with Crippen LogP contribution in [0.4, 0.5) is 0 Å². The number of allylic oxidation sites excluding steroid dienone is 1. The van der Waals surface area contributed by atoms with Crippen molar-refractivity contribution < 1.29 is 9.90 Å². The van der Waals surface area contributed by atoms with Crippen LogP contribution >= 0.6 is 31.9 Å². The van der Waals surface area contributed by atoms with E-state index in [-0.39, 0.29) is 5.56 Å². The number of carboxylic acids is 1. The maximum Gasteiger partial charge on any atom is 0.337 e. The van der Waals surface area contributed by atoms with E-state index in [1.807, 2.05) is 0 Å². The van der Waals surface area contributed by atoms with Gasteiger partial charge in [0, 0.05) is 10.7 Å². The molecule has 70 valence electrons. The van der Waals surface area contributed by atoms with Crippen LogP contribution in [0, 0.1) is 0 Å². The molecule has 1 aromatic rings. The number of carboxylic acid groups (broad SMARTS) is 1. The van der Waals surface area contributed by atoms with Gasteiger partial charge in [0.25, 0.3) is 0 Å². The van der Waals surface area contributed by atoms with Crippen LogP contribution < -0.4 is 0 Å². The molecule has 0 aromatic carbocycles. The van der Waals surface area contributed by atoms with E-state index < -0.39 is 5.97 Å². The molecule has 0 saturated carbocycles. The van der Waals surface area contributed by atoms with Crippen molar-refractivity contribution in [3.63, 3.8) is 0 Å². The molecule has 5 heteroatoms. The van der Waals surface area contributed by atoms with E-state index in [0.717, 1.165) is 9.09 Å². The average molecular weight is 309 g/mol. The molecule has 0 spiro atoms. The molecule has 1 N–H and O–H groups in total. The lowest BCUT2D eigenvalue weighted by Gasteiger charge is -2.01. The number of nitrogens with zero attached hydrogens (tertiary/aromatic N) is 1. The second-order valence-corrected chi connectivity index (χ2v) is 4.44. The number of hydrogen-bond donors (Lipinski definition) is 1. The first-order valence-electron chi connectivity index (χ1n) is 3.43. The third-order valence-corrected chi connectivity index (χ3v) is 2.37. The van der Waals surface area contributed by atoms with E-state index in [4.69, 9.17) is 5.11 Å². The van der Waals surface area contributed by atoms with Gasteiger partial charge in [-0.25, -0.2) is 4.79 Å². The summed E-state index contributed by atoms with van der Waals surface area (Å²) in [4.78, 5) is 10.6. The van der Waals surface area contributed by atoms with Gasteiger partial charge in [0.2, 0.25) is 0 Å². The summed E-state index contributed by atoms with van der Waals surface area (Å²) in [6.45, 7) is 4.22. The van der Waals surface area contributed by atoms with Gasteiger partial charge in [-0.05, 0) is 22.0 Å². The van der Waals surface area contributed by atoms with Crippen LogP contribution in [0.25, 0.3) is 0 Å². The molecule has 0 atom stereocenters. The summed E-state index contributed by atoms with van der Waals surface area (Å²) in [7, 11) is 0. The monoisotopic (exact) mass is 307 g/mol. The Morgan fingerprint density at radius 1 is 1.69 bits per heavy atom. The first kappa shape index (κ1) is 10.5. The molecule has 0 amide bonds. The Labute approximate surface area is 92.3 Å². The van der Waals surface area contributed by atoms with Crippen LogP contribution in [-0.2, 0) is 6.54 Å². The predicted molar refractivity (Wildman–Crippen MR) is 57.2 cm³/mol. The minimum Gasteiger partial charge on any atom is -0.478 e. The highest BCUT2D eigenvalue weighted by Crippen LogP contribution is 2.18. The maximum absolute atomic E-state index is 10.6. The summed E-state index contributed by atoms with van der Waals surface area (Å²) < 4.78 is 3.27. The third-order valence-electron chi connectivity index (χ3n) is 1.43. The number of aromatic nitrogens is 1. The molecule has 0 aliphatic heterocycles. The molecule has 1 aromatic heterocycles. The van der Waals surface area contributed by atoms with Crippen LogP contribution in [-0.4, -0.2) is 15.6 Å². The third kappa shape index (κ3) is 2.70. The molecule has 0 unspecified atom stereocenters. The minimum absolute atomic E-state index is 0.264. The van der Waals surface area contributed by atoms with Gasteiger partial charge < -0.3 is 9.67 Å². The highest BCUT2D eigenvalue weighted by Gasteiger charge is 2.08. The van der Waals surface area contributed by atoms with Crippen molar-refractivity contribution >= 4 is 37.8 Å². The van der Waals surface area contributed by atoms with Crippen molar-refractivity contribution in [3.8, 4) is 0 Å². The molecule has 0 bridgehead atoms. The summed E-state index contributed by atoms with van der Waals surface area (Å²) in [6, 6.07) is 1.55. The average Bonchev–Trinajstić information content (AvgIpc) is 2.31. The van der Waals surface area contributed by atoms with E-state index in [9.17, 15) is 4.79 Å². The van der Waals surface area contributed by atoms with Gasteiger partial charge in [0.1, 0.15) is 0 Å². The summed E-state index contributed by atoms with van der Waals surface area (Å²) in [5.41, 5.74) is 0.264. The fraction of sp³-hybridized carbons (Fsp3) is 0.125. The second-order valence-electron chi connectivity index (χ2n) is 2.50. The number of aromatic carboxylic acids is 1. The van der Waals surface area contributed by atoms with Crippen molar-refractivity contribution in [1.29, 1.82) is 0 Å². The lowest BCUT2D eigenvalue weighted by molar-refractivity contribution is 0.0697. The van der Waals surface area contributed by atoms with Crippen LogP contribution in [0.1, 0.15) is 10.4 Å². The van der Waals surface area contributed by atoms with Crippen molar-refractivity contribution in [3.05, 3.63) is 33.5 Å². The smallest absolute Gasteiger partial charge is 0.337 e. The number of carbonyl (C=O) groups is 1. The summed E-state index contributed by atoms with van der Waals surface area (Å²) >= 11 is 6.46. The molecule has 0 aliphatic rings. The minimum atomic E-state index is -0.931. The Bertz CT molecular complexity index is 357. The van der Waals surface area contributed by atoms with Gasteiger partial charge in [-0.2, -0.15) is 0 Å².